The summed E-state index contributed by atoms with van der Waals surface area (Å²) in [6.45, 7) is 3.91. The number of benzene rings is 2. The third-order valence-corrected chi connectivity index (χ3v) is 6.23. The molecule has 4 rings (SSSR count). The SMILES string of the molecule is Cc1noc(C)c1COc1ccc(C(=O)NS(=O)(=O)c2cccc3cnccc23)cc1. The van der Waals surface area contributed by atoms with Gasteiger partial charge in [-0.25, -0.2) is 13.1 Å². The number of amides is 1. The highest BCUT2D eigenvalue weighted by Gasteiger charge is 2.21. The van der Waals surface area contributed by atoms with Crippen molar-refractivity contribution in [1.29, 1.82) is 0 Å². The van der Waals surface area contributed by atoms with Crippen molar-refractivity contribution >= 4 is 26.7 Å². The Kier molecular flexibility index (Phi) is 5.43. The molecule has 0 saturated heterocycles. The number of carbonyl (C=O) groups excluding carboxylic acids is 1. The second-order valence-corrected chi connectivity index (χ2v) is 8.55. The van der Waals surface area contributed by atoms with Crippen LogP contribution in [0.3, 0.4) is 0 Å². The van der Waals surface area contributed by atoms with Crippen LogP contribution in [-0.4, -0.2) is 24.5 Å². The molecule has 0 unspecified atom stereocenters. The van der Waals surface area contributed by atoms with E-state index in [0.717, 1.165) is 11.3 Å². The lowest BCUT2D eigenvalue weighted by atomic mass is 10.2. The molecule has 1 amide bonds. The van der Waals surface area contributed by atoms with E-state index < -0.39 is 15.9 Å². The first-order valence-corrected chi connectivity index (χ1v) is 10.9. The molecule has 1 N–H and O–H groups in total. The number of rotatable bonds is 6. The molecule has 0 aliphatic carbocycles. The van der Waals surface area contributed by atoms with Gasteiger partial charge in [0.2, 0.25) is 0 Å². The van der Waals surface area contributed by atoms with Crippen LogP contribution in [0.5, 0.6) is 5.75 Å². The number of ether oxygens (including phenoxy) is 1. The minimum absolute atomic E-state index is 0.0140. The highest BCUT2D eigenvalue weighted by Crippen LogP contribution is 2.22. The van der Waals surface area contributed by atoms with Crippen LogP contribution >= 0.6 is 0 Å². The Morgan fingerprint density at radius 1 is 1.10 bits per heavy atom. The van der Waals surface area contributed by atoms with Crippen molar-refractivity contribution in [2.45, 2.75) is 25.3 Å². The second kappa shape index (κ2) is 8.19. The highest BCUT2D eigenvalue weighted by atomic mass is 32.2. The third-order valence-electron chi connectivity index (χ3n) is 4.84. The van der Waals surface area contributed by atoms with Gasteiger partial charge in [-0.1, -0.05) is 17.3 Å². The van der Waals surface area contributed by atoms with Gasteiger partial charge < -0.3 is 9.26 Å². The fourth-order valence-corrected chi connectivity index (χ4v) is 4.33. The minimum Gasteiger partial charge on any atom is -0.489 e. The molecule has 31 heavy (non-hydrogen) atoms. The smallest absolute Gasteiger partial charge is 0.265 e. The van der Waals surface area contributed by atoms with E-state index in [1.807, 2.05) is 6.92 Å². The summed E-state index contributed by atoms with van der Waals surface area (Å²) in [5.41, 5.74) is 1.80. The maximum Gasteiger partial charge on any atom is 0.265 e. The van der Waals surface area contributed by atoms with Crippen LogP contribution in [0.1, 0.15) is 27.4 Å². The molecule has 9 heteroatoms. The minimum atomic E-state index is -4.07. The van der Waals surface area contributed by atoms with Crippen LogP contribution in [0.4, 0.5) is 0 Å². The topological polar surface area (TPSA) is 111 Å². The molecule has 0 bridgehead atoms. The van der Waals surface area contributed by atoms with Gasteiger partial charge >= 0.3 is 0 Å². The van der Waals surface area contributed by atoms with E-state index >= 15 is 0 Å². The molecular weight excluding hydrogens is 418 g/mol. The Bertz CT molecular complexity index is 1340. The van der Waals surface area contributed by atoms with E-state index in [9.17, 15) is 13.2 Å². The third kappa shape index (κ3) is 4.26. The Balaban J connectivity index is 1.48. The molecule has 4 aromatic rings. The number of carbonyl (C=O) groups is 1. The predicted octanol–water partition coefficient (Wildman–Crippen LogP) is 3.54. The van der Waals surface area contributed by atoms with Crippen LogP contribution in [0.15, 0.2) is 70.3 Å². The Hall–Kier alpha value is -3.72. The van der Waals surface area contributed by atoms with Crippen LogP contribution < -0.4 is 9.46 Å². The average molecular weight is 437 g/mol. The number of nitrogens with zero attached hydrogens (tertiary/aromatic N) is 2. The van der Waals surface area contributed by atoms with Gasteiger partial charge in [0.1, 0.15) is 18.1 Å². The molecule has 2 heterocycles. The number of aryl methyl sites for hydroxylation is 2. The molecule has 0 radical (unpaired) electrons. The molecule has 0 aliphatic heterocycles. The Labute approximate surface area is 178 Å². The van der Waals surface area contributed by atoms with Crippen molar-refractivity contribution in [2.75, 3.05) is 0 Å². The van der Waals surface area contributed by atoms with Gasteiger partial charge in [0, 0.05) is 28.7 Å². The van der Waals surface area contributed by atoms with Gasteiger partial charge in [-0.15, -0.1) is 0 Å². The quantitative estimate of drug-likeness (QED) is 0.491. The lowest BCUT2D eigenvalue weighted by Gasteiger charge is -2.10. The number of nitrogens with one attached hydrogen (secondary N) is 1. The van der Waals surface area contributed by atoms with Crippen molar-refractivity contribution in [1.82, 2.24) is 14.9 Å². The van der Waals surface area contributed by atoms with Crippen molar-refractivity contribution in [3.8, 4) is 5.75 Å². The predicted molar refractivity (Wildman–Crippen MR) is 113 cm³/mol. The maximum absolute atomic E-state index is 12.8. The summed E-state index contributed by atoms with van der Waals surface area (Å²) in [6.07, 6.45) is 3.07. The van der Waals surface area contributed by atoms with Gasteiger partial charge in [0.15, 0.2) is 0 Å². The molecule has 8 nitrogen and oxygen atoms in total. The van der Waals surface area contributed by atoms with E-state index in [2.05, 4.69) is 14.9 Å². The molecule has 0 aliphatic rings. The summed E-state index contributed by atoms with van der Waals surface area (Å²) in [7, 11) is -4.07. The lowest BCUT2D eigenvalue weighted by Crippen LogP contribution is -2.30. The zero-order valence-electron chi connectivity index (χ0n) is 16.8. The summed E-state index contributed by atoms with van der Waals surface area (Å²) in [5, 5.41) is 5.03. The van der Waals surface area contributed by atoms with Crippen LogP contribution in [0, 0.1) is 13.8 Å². The van der Waals surface area contributed by atoms with Crippen LogP contribution in [0.2, 0.25) is 0 Å². The first-order chi connectivity index (χ1) is 14.8. The average Bonchev–Trinajstić information content (AvgIpc) is 3.09. The Morgan fingerprint density at radius 3 is 2.58 bits per heavy atom. The lowest BCUT2D eigenvalue weighted by molar-refractivity contribution is 0.0981. The molecule has 0 saturated carbocycles. The first-order valence-electron chi connectivity index (χ1n) is 9.39. The van der Waals surface area contributed by atoms with Gasteiger partial charge in [-0.3, -0.25) is 9.78 Å². The summed E-state index contributed by atoms with van der Waals surface area (Å²) < 4.78 is 38.5. The highest BCUT2D eigenvalue weighted by molar-refractivity contribution is 7.90. The standard InChI is InChI=1S/C22H19N3O5S/c1-14-20(15(2)30-24-14)13-29-18-8-6-16(7-9-18)22(26)25-31(27,28)21-5-3-4-17-12-23-11-10-19(17)21/h3-12H,13H2,1-2H3,(H,25,26). The van der Waals surface area contributed by atoms with Crippen molar-refractivity contribution < 1.29 is 22.5 Å². The van der Waals surface area contributed by atoms with Gasteiger partial charge in [0.25, 0.3) is 15.9 Å². The molecule has 0 spiro atoms. The summed E-state index contributed by atoms with van der Waals surface area (Å²) in [6, 6.07) is 12.6. The number of pyridine rings is 1. The number of fused-ring (bicyclic) bond motifs is 1. The number of hydrogen-bond donors (Lipinski definition) is 1. The van der Waals surface area contributed by atoms with Crippen LogP contribution in [-0.2, 0) is 16.6 Å². The van der Waals surface area contributed by atoms with E-state index in [-0.39, 0.29) is 17.1 Å². The van der Waals surface area contributed by atoms with Gasteiger partial charge in [0.05, 0.1) is 16.2 Å². The molecular formula is C22H19N3O5S. The zero-order valence-corrected chi connectivity index (χ0v) is 17.6. The number of aromatic nitrogens is 2. The monoisotopic (exact) mass is 437 g/mol. The van der Waals surface area contributed by atoms with E-state index in [0.29, 0.717) is 22.3 Å². The Morgan fingerprint density at radius 2 is 1.87 bits per heavy atom. The maximum atomic E-state index is 12.8. The summed E-state index contributed by atoms with van der Waals surface area (Å²) in [5.74, 6) is 0.479. The van der Waals surface area contributed by atoms with Gasteiger partial charge in [-0.05, 0) is 50.2 Å². The zero-order chi connectivity index (χ0) is 22.0. The molecule has 0 atom stereocenters. The normalized spacial score (nSPS) is 11.4. The number of sulfonamides is 1. The molecule has 0 fully saturated rings. The van der Waals surface area contributed by atoms with Gasteiger partial charge in [-0.2, -0.15) is 0 Å². The summed E-state index contributed by atoms with van der Waals surface area (Å²) >= 11 is 0. The van der Waals surface area contributed by atoms with E-state index in [4.69, 9.17) is 9.26 Å². The second-order valence-electron chi connectivity index (χ2n) is 6.90. The molecule has 158 valence electrons. The fraction of sp³-hybridized carbons (Fsp3) is 0.136. The van der Waals surface area contributed by atoms with Crippen molar-refractivity contribution in [2.24, 2.45) is 0 Å². The summed E-state index contributed by atoms with van der Waals surface area (Å²) in [4.78, 5) is 16.6. The van der Waals surface area contributed by atoms with Crippen LogP contribution in [0.25, 0.3) is 10.8 Å². The molecule has 2 aromatic carbocycles. The molecule has 2 aromatic heterocycles. The fourth-order valence-electron chi connectivity index (χ4n) is 3.13. The van der Waals surface area contributed by atoms with E-state index in [1.165, 1.54) is 24.4 Å². The van der Waals surface area contributed by atoms with Crippen molar-refractivity contribution in [3.63, 3.8) is 0 Å². The largest absolute Gasteiger partial charge is 0.489 e. The van der Waals surface area contributed by atoms with E-state index in [1.54, 1.807) is 43.5 Å². The van der Waals surface area contributed by atoms with Crippen molar-refractivity contribution in [3.05, 3.63) is 83.5 Å². The first kappa shape index (κ1) is 20.5. The number of hydrogen-bond acceptors (Lipinski definition) is 7.